The Hall–Kier alpha value is -2.51. The lowest BCUT2D eigenvalue weighted by molar-refractivity contribution is 0.0954. The van der Waals surface area contributed by atoms with Crippen molar-refractivity contribution >= 4 is 21.6 Å². The van der Waals surface area contributed by atoms with Crippen LogP contribution in [0.3, 0.4) is 0 Å². The Morgan fingerprint density at radius 3 is 2.40 bits per heavy atom. The summed E-state index contributed by atoms with van der Waals surface area (Å²) in [7, 11) is -2.02. The number of hydrazone groups is 1. The van der Waals surface area contributed by atoms with Crippen LogP contribution in [0.4, 0.5) is 0 Å². The highest BCUT2D eigenvalue weighted by Gasteiger charge is 2.21. The number of nitrogens with zero attached hydrogens (tertiary/aromatic N) is 2. The normalized spacial score (nSPS) is 18.5. The molecule has 0 aliphatic heterocycles. The highest BCUT2D eigenvalue weighted by Crippen LogP contribution is 2.21. The van der Waals surface area contributed by atoms with Gasteiger partial charge in [0, 0.05) is 24.9 Å². The van der Waals surface area contributed by atoms with Crippen LogP contribution in [0.1, 0.15) is 54.1 Å². The Balaban J connectivity index is 1.63. The molecule has 30 heavy (non-hydrogen) atoms. The van der Waals surface area contributed by atoms with Crippen molar-refractivity contribution in [3.63, 3.8) is 0 Å². The molecule has 6 nitrogen and oxygen atoms in total. The maximum Gasteiger partial charge on any atom is 0.271 e. The molecule has 1 aliphatic carbocycles. The highest BCUT2D eigenvalue weighted by molar-refractivity contribution is 7.89. The first-order valence-electron chi connectivity index (χ1n) is 10.3. The molecule has 1 aliphatic rings. The molecule has 1 saturated carbocycles. The van der Waals surface area contributed by atoms with E-state index in [1.165, 1.54) is 10.7 Å². The predicted octanol–water partition coefficient (Wildman–Crippen LogP) is 4.11. The van der Waals surface area contributed by atoms with Crippen LogP contribution in [0.25, 0.3) is 0 Å². The second-order valence-corrected chi connectivity index (χ2v) is 10.0. The van der Waals surface area contributed by atoms with Gasteiger partial charge in [-0.3, -0.25) is 4.79 Å². The van der Waals surface area contributed by atoms with Gasteiger partial charge in [0.1, 0.15) is 0 Å². The van der Waals surface area contributed by atoms with Crippen LogP contribution < -0.4 is 5.43 Å². The fourth-order valence-corrected chi connectivity index (χ4v) is 4.68. The monoisotopic (exact) mass is 427 g/mol. The van der Waals surface area contributed by atoms with Crippen molar-refractivity contribution in [2.75, 3.05) is 7.05 Å². The quantitative estimate of drug-likeness (QED) is 0.705. The lowest BCUT2D eigenvalue weighted by atomic mass is 9.89. The molecule has 0 unspecified atom stereocenters. The molecule has 3 rings (SSSR count). The molecule has 1 atom stereocenters. The average Bonchev–Trinajstić information content (AvgIpc) is 2.73. The van der Waals surface area contributed by atoms with Gasteiger partial charge in [-0.05, 0) is 61.9 Å². The lowest BCUT2D eigenvalue weighted by Gasteiger charge is -2.19. The van der Waals surface area contributed by atoms with Gasteiger partial charge in [0.25, 0.3) is 5.91 Å². The number of aryl methyl sites for hydroxylation is 1. The number of hydrogen-bond donors (Lipinski definition) is 1. The van der Waals surface area contributed by atoms with Crippen molar-refractivity contribution in [2.45, 2.75) is 51.0 Å². The Bertz CT molecular complexity index is 1010. The van der Waals surface area contributed by atoms with Crippen LogP contribution in [-0.2, 0) is 16.6 Å². The van der Waals surface area contributed by atoms with Crippen molar-refractivity contribution in [3.8, 4) is 0 Å². The molecule has 160 valence electrons. The third-order valence-electron chi connectivity index (χ3n) is 5.54. The number of amides is 1. The predicted molar refractivity (Wildman–Crippen MR) is 119 cm³/mol. The SMILES string of the molecule is Cc1ccc(S(=O)(=O)N(C)Cc2ccc(C(=O)N/N=C3/CCCC[C@H]3C)cc2)cc1. The first kappa shape index (κ1) is 22.2. The molecular weight excluding hydrogens is 398 g/mol. The van der Waals surface area contributed by atoms with Crippen LogP contribution in [0.5, 0.6) is 0 Å². The van der Waals surface area contributed by atoms with Crippen LogP contribution in [0.15, 0.2) is 58.5 Å². The summed E-state index contributed by atoms with van der Waals surface area (Å²) < 4.78 is 26.8. The standard InChI is InChI=1S/C23H29N3O3S/c1-17-8-14-21(15-9-17)30(28,29)26(3)16-19-10-12-20(13-11-19)23(27)25-24-22-7-5-4-6-18(22)2/h8-15,18H,4-7,16H2,1-3H3,(H,25,27)/b24-22-/t18-/m1/s1. The van der Waals surface area contributed by atoms with E-state index in [1.54, 1.807) is 55.6 Å². The number of hydrogen-bond acceptors (Lipinski definition) is 4. The Morgan fingerprint density at radius 2 is 1.77 bits per heavy atom. The van der Waals surface area contributed by atoms with Gasteiger partial charge < -0.3 is 0 Å². The lowest BCUT2D eigenvalue weighted by Crippen LogP contribution is -2.26. The van der Waals surface area contributed by atoms with Gasteiger partial charge in [-0.1, -0.05) is 43.2 Å². The van der Waals surface area contributed by atoms with Gasteiger partial charge >= 0.3 is 0 Å². The number of carbonyl (C=O) groups is 1. The second kappa shape index (κ2) is 9.53. The molecule has 0 spiro atoms. The number of nitrogens with one attached hydrogen (secondary N) is 1. The zero-order valence-corrected chi connectivity index (χ0v) is 18.6. The zero-order chi connectivity index (χ0) is 21.7. The van der Waals surface area contributed by atoms with Gasteiger partial charge in [0.15, 0.2) is 0 Å². The van der Waals surface area contributed by atoms with Crippen LogP contribution in [0.2, 0.25) is 0 Å². The van der Waals surface area contributed by atoms with Gasteiger partial charge in [-0.2, -0.15) is 9.41 Å². The smallest absolute Gasteiger partial charge is 0.267 e. The van der Waals surface area contributed by atoms with E-state index in [1.807, 2.05) is 6.92 Å². The fourth-order valence-electron chi connectivity index (χ4n) is 3.52. The molecule has 7 heteroatoms. The van der Waals surface area contributed by atoms with E-state index in [9.17, 15) is 13.2 Å². The Morgan fingerprint density at radius 1 is 1.10 bits per heavy atom. The highest BCUT2D eigenvalue weighted by atomic mass is 32.2. The van der Waals surface area contributed by atoms with Crippen molar-refractivity contribution < 1.29 is 13.2 Å². The maximum atomic E-state index is 12.7. The Kier molecular flexibility index (Phi) is 7.05. The maximum absolute atomic E-state index is 12.7. The topological polar surface area (TPSA) is 78.8 Å². The molecule has 1 N–H and O–H groups in total. The minimum Gasteiger partial charge on any atom is -0.267 e. The van der Waals surface area contributed by atoms with E-state index < -0.39 is 10.0 Å². The van der Waals surface area contributed by atoms with Gasteiger partial charge in [-0.15, -0.1) is 0 Å². The summed E-state index contributed by atoms with van der Waals surface area (Å²) in [6.07, 6.45) is 4.38. The molecule has 1 amide bonds. The number of benzene rings is 2. The summed E-state index contributed by atoms with van der Waals surface area (Å²) in [5, 5.41) is 4.31. The van der Waals surface area contributed by atoms with E-state index in [4.69, 9.17) is 0 Å². The summed E-state index contributed by atoms with van der Waals surface area (Å²) in [4.78, 5) is 12.6. The minimum absolute atomic E-state index is 0.220. The molecule has 0 saturated heterocycles. The zero-order valence-electron chi connectivity index (χ0n) is 17.8. The largest absolute Gasteiger partial charge is 0.271 e. The van der Waals surface area contributed by atoms with Gasteiger partial charge in [0.2, 0.25) is 10.0 Å². The van der Waals surface area contributed by atoms with Crippen molar-refractivity contribution in [2.24, 2.45) is 11.0 Å². The van der Waals surface area contributed by atoms with E-state index in [2.05, 4.69) is 17.5 Å². The molecule has 0 heterocycles. The molecule has 2 aromatic carbocycles. The van der Waals surface area contributed by atoms with E-state index in [0.717, 1.165) is 36.1 Å². The average molecular weight is 428 g/mol. The summed E-state index contributed by atoms with van der Waals surface area (Å²) in [5.74, 6) is 0.153. The van der Waals surface area contributed by atoms with Crippen LogP contribution in [0, 0.1) is 12.8 Å². The third kappa shape index (κ3) is 5.34. The molecule has 0 bridgehead atoms. The van der Waals surface area contributed by atoms with E-state index in [-0.39, 0.29) is 17.3 Å². The van der Waals surface area contributed by atoms with Crippen molar-refractivity contribution in [3.05, 3.63) is 65.2 Å². The van der Waals surface area contributed by atoms with Gasteiger partial charge in [0.05, 0.1) is 4.90 Å². The van der Waals surface area contributed by atoms with E-state index >= 15 is 0 Å². The van der Waals surface area contributed by atoms with Gasteiger partial charge in [-0.25, -0.2) is 13.8 Å². The molecule has 1 fully saturated rings. The first-order chi connectivity index (χ1) is 14.3. The summed E-state index contributed by atoms with van der Waals surface area (Å²) in [6.45, 7) is 4.28. The van der Waals surface area contributed by atoms with E-state index in [0.29, 0.717) is 11.5 Å². The van der Waals surface area contributed by atoms with Crippen LogP contribution in [-0.4, -0.2) is 31.4 Å². The van der Waals surface area contributed by atoms with Crippen molar-refractivity contribution in [1.82, 2.24) is 9.73 Å². The molecule has 0 aromatic heterocycles. The fraction of sp³-hybridized carbons (Fsp3) is 0.391. The molecule has 2 aromatic rings. The minimum atomic E-state index is -3.57. The summed E-state index contributed by atoms with van der Waals surface area (Å²) in [5.41, 5.74) is 6.01. The summed E-state index contributed by atoms with van der Waals surface area (Å²) in [6, 6.07) is 13.7. The third-order valence-corrected chi connectivity index (χ3v) is 7.36. The number of carbonyl (C=O) groups excluding carboxylic acids is 1. The van der Waals surface area contributed by atoms with Crippen molar-refractivity contribution in [1.29, 1.82) is 0 Å². The number of rotatable bonds is 6. The van der Waals surface area contributed by atoms with Crippen LogP contribution >= 0.6 is 0 Å². The second-order valence-electron chi connectivity index (χ2n) is 7.96. The first-order valence-corrected chi connectivity index (χ1v) is 11.7. The number of sulfonamides is 1. The summed E-state index contributed by atoms with van der Waals surface area (Å²) >= 11 is 0. The molecular formula is C23H29N3O3S. The Labute approximate surface area is 179 Å². The molecule has 0 radical (unpaired) electrons.